The van der Waals surface area contributed by atoms with Crippen LogP contribution in [0.15, 0.2) is 42.7 Å². The summed E-state index contributed by atoms with van der Waals surface area (Å²) >= 11 is 0. The summed E-state index contributed by atoms with van der Waals surface area (Å²) in [5.41, 5.74) is 3.09. The zero-order chi connectivity index (χ0) is 17.6. The number of aryl methyl sites for hydroxylation is 1. The molecule has 6 nitrogen and oxygen atoms in total. The molecule has 1 aromatic carbocycles. The standard InChI is InChI=1S/C19H21N3O3/c23-18(24)17-12-20-11-15-13-22(10-8-16(15)17)19(25)21-9-4-7-14-5-2-1-3-6-14/h1-3,5-6,11-12H,4,7-10,13H2,(H,21,25)(H,23,24). The van der Waals surface area contributed by atoms with Gasteiger partial charge in [-0.2, -0.15) is 0 Å². The lowest BCUT2D eigenvalue weighted by atomic mass is 9.97. The third-order valence-electron chi connectivity index (χ3n) is 4.42. The minimum Gasteiger partial charge on any atom is -0.478 e. The normalized spacial score (nSPS) is 13.2. The highest BCUT2D eigenvalue weighted by Gasteiger charge is 2.24. The van der Waals surface area contributed by atoms with Crippen LogP contribution in [0.5, 0.6) is 0 Å². The number of carboxylic acid groups (broad SMARTS) is 1. The van der Waals surface area contributed by atoms with Crippen molar-refractivity contribution in [2.24, 2.45) is 0 Å². The van der Waals surface area contributed by atoms with E-state index in [4.69, 9.17) is 0 Å². The Morgan fingerprint density at radius 3 is 2.76 bits per heavy atom. The minimum absolute atomic E-state index is 0.112. The fourth-order valence-corrected chi connectivity index (χ4v) is 3.10. The van der Waals surface area contributed by atoms with Crippen LogP contribution in [0.4, 0.5) is 4.79 Å². The Labute approximate surface area is 146 Å². The van der Waals surface area contributed by atoms with Gasteiger partial charge in [-0.05, 0) is 36.0 Å². The van der Waals surface area contributed by atoms with Gasteiger partial charge >= 0.3 is 12.0 Å². The van der Waals surface area contributed by atoms with E-state index in [-0.39, 0.29) is 11.6 Å². The number of nitrogens with zero attached hydrogens (tertiary/aromatic N) is 2. The monoisotopic (exact) mass is 339 g/mol. The highest BCUT2D eigenvalue weighted by Crippen LogP contribution is 2.21. The maximum absolute atomic E-state index is 12.3. The number of rotatable bonds is 5. The van der Waals surface area contributed by atoms with Gasteiger partial charge in [0.05, 0.1) is 5.56 Å². The van der Waals surface area contributed by atoms with Crippen LogP contribution in [0.3, 0.4) is 0 Å². The fraction of sp³-hybridized carbons (Fsp3) is 0.316. The number of pyridine rings is 1. The van der Waals surface area contributed by atoms with Crippen molar-refractivity contribution in [2.45, 2.75) is 25.8 Å². The van der Waals surface area contributed by atoms with Crippen molar-refractivity contribution < 1.29 is 14.7 Å². The van der Waals surface area contributed by atoms with Gasteiger partial charge in [0.15, 0.2) is 0 Å². The average molecular weight is 339 g/mol. The molecule has 0 unspecified atom stereocenters. The van der Waals surface area contributed by atoms with E-state index in [2.05, 4.69) is 22.4 Å². The molecule has 6 heteroatoms. The average Bonchev–Trinajstić information content (AvgIpc) is 2.64. The van der Waals surface area contributed by atoms with Crippen LogP contribution in [0.2, 0.25) is 0 Å². The second-order valence-corrected chi connectivity index (χ2v) is 6.12. The van der Waals surface area contributed by atoms with Crippen LogP contribution in [0.25, 0.3) is 0 Å². The summed E-state index contributed by atoms with van der Waals surface area (Å²) in [5.74, 6) is -0.969. The third-order valence-corrected chi connectivity index (χ3v) is 4.42. The van der Waals surface area contributed by atoms with Gasteiger partial charge in [0.25, 0.3) is 0 Å². The molecule has 2 heterocycles. The molecular weight excluding hydrogens is 318 g/mol. The van der Waals surface area contributed by atoms with Crippen molar-refractivity contribution in [2.75, 3.05) is 13.1 Å². The molecule has 0 fully saturated rings. The van der Waals surface area contributed by atoms with Crippen molar-refractivity contribution in [3.8, 4) is 0 Å². The van der Waals surface area contributed by atoms with E-state index in [1.807, 2.05) is 18.2 Å². The molecule has 0 radical (unpaired) electrons. The summed E-state index contributed by atoms with van der Waals surface area (Å²) in [6.45, 7) is 1.53. The van der Waals surface area contributed by atoms with Gasteiger partial charge in [0.2, 0.25) is 0 Å². The van der Waals surface area contributed by atoms with Crippen LogP contribution in [-0.2, 0) is 19.4 Å². The molecule has 0 atom stereocenters. The molecule has 0 saturated carbocycles. The van der Waals surface area contributed by atoms with Crippen LogP contribution in [0.1, 0.15) is 33.5 Å². The number of carbonyl (C=O) groups excluding carboxylic acids is 1. The lowest BCUT2D eigenvalue weighted by Gasteiger charge is -2.29. The Balaban J connectivity index is 1.51. The molecule has 1 aliphatic heterocycles. The van der Waals surface area contributed by atoms with Crippen LogP contribution in [-0.4, -0.2) is 40.1 Å². The molecule has 1 aliphatic rings. The highest BCUT2D eigenvalue weighted by atomic mass is 16.4. The molecule has 1 aromatic heterocycles. The van der Waals surface area contributed by atoms with Crippen molar-refractivity contribution >= 4 is 12.0 Å². The first-order valence-electron chi connectivity index (χ1n) is 8.41. The van der Waals surface area contributed by atoms with Crippen molar-refractivity contribution in [3.05, 3.63) is 65.0 Å². The number of hydrogen-bond acceptors (Lipinski definition) is 3. The Morgan fingerprint density at radius 2 is 2.00 bits per heavy atom. The predicted octanol–water partition coefficient (Wildman–Crippen LogP) is 2.48. The van der Waals surface area contributed by atoms with Gasteiger partial charge < -0.3 is 15.3 Å². The molecule has 0 aliphatic carbocycles. The Morgan fingerprint density at radius 1 is 1.20 bits per heavy atom. The van der Waals surface area contributed by atoms with Crippen LogP contribution in [0, 0.1) is 0 Å². The van der Waals surface area contributed by atoms with Gasteiger partial charge in [-0.15, -0.1) is 0 Å². The number of nitrogens with one attached hydrogen (secondary N) is 1. The van der Waals surface area contributed by atoms with Crippen LogP contribution < -0.4 is 5.32 Å². The van der Waals surface area contributed by atoms with E-state index >= 15 is 0 Å². The van der Waals surface area contributed by atoms with E-state index < -0.39 is 5.97 Å². The number of benzene rings is 1. The molecule has 2 aromatic rings. The summed E-state index contributed by atoms with van der Waals surface area (Å²) in [7, 11) is 0. The van der Waals surface area contributed by atoms with Gasteiger partial charge in [-0.3, -0.25) is 4.98 Å². The maximum atomic E-state index is 12.3. The van der Waals surface area contributed by atoms with E-state index in [9.17, 15) is 14.7 Å². The zero-order valence-corrected chi connectivity index (χ0v) is 13.9. The first-order chi connectivity index (χ1) is 12.1. The van der Waals surface area contributed by atoms with Crippen molar-refractivity contribution in [1.29, 1.82) is 0 Å². The SMILES string of the molecule is O=C(O)c1cncc2c1CCN(C(=O)NCCCc1ccccc1)C2. The molecule has 3 rings (SSSR count). The Hall–Kier alpha value is -2.89. The molecule has 130 valence electrons. The lowest BCUT2D eigenvalue weighted by molar-refractivity contribution is 0.0694. The number of urea groups is 1. The van der Waals surface area contributed by atoms with E-state index in [1.54, 1.807) is 11.1 Å². The molecule has 0 spiro atoms. The number of carboxylic acids is 1. The van der Waals surface area contributed by atoms with Crippen molar-refractivity contribution in [3.63, 3.8) is 0 Å². The smallest absolute Gasteiger partial charge is 0.337 e. The number of fused-ring (bicyclic) bond motifs is 1. The minimum atomic E-state index is -0.969. The second-order valence-electron chi connectivity index (χ2n) is 6.12. The summed E-state index contributed by atoms with van der Waals surface area (Å²) in [6.07, 6.45) is 5.37. The summed E-state index contributed by atoms with van der Waals surface area (Å²) in [6, 6.07) is 10.1. The van der Waals surface area contributed by atoms with Gasteiger partial charge in [-0.1, -0.05) is 30.3 Å². The first kappa shape index (κ1) is 17.0. The zero-order valence-electron chi connectivity index (χ0n) is 13.9. The molecular formula is C19H21N3O3. The second kappa shape index (κ2) is 7.79. The Bertz CT molecular complexity index is 762. The van der Waals surface area contributed by atoms with E-state index in [1.165, 1.54) is 11.8 Å². The molecule has 2 N–H and O–H groups in total. The number of carbonyl (C=O) groups is 2. The number of aromatic nitrogens is 1. The van der Waals surface area contributed by atoms with E-state index in [0.29, 0.717) is 26.1 Å². The summed E-state index contributed by atoms with van der Waals surface area (Å²) in [5, 5.41) is 12.2. The van der Waals surface area contributed by atoms with Crippen LogP contribution >= 0.6 is 0 Å². The van der Waals surface area contributed by atoms with Gasteiger partial charge in [0, 0.05) is 32.0 Å². The molecule has 0 bridgehead atoms. The number of hydrogen-bond donors (Lipinski definition) is 2. The number of amides is 2. The summed E-state index contributed by atoms with van der Waals surface area (Å²) < 4.78 is 0. The quantitative estimate of drug-likeness (QED) is 0.820. The third kappa shape index (κ3) is 4.15. The maximum Gasteiger partial charge on any atom is 0.337 e. The topological polar surface area (TPSA) is 82.5 Å². The molecule has 2 amide bonds. The Kier molecular flexibility index (Phi) is 5.28. The van der Waals surface area contributed by atoms with E-state index in [0.717, 1.165) is 24.0 Å². The van der Waals surface area contributed by atoms with Gasteiger partial charge in [0.1, 0.15) is 0 Å². The molecule has 0 saturated heterocycles. The summed E-state index contributed by atoms with van der Waals surface area (Å²) in [4.78, 5) is 29.3. The fourth-order valence-electron chi connectivity index (χ4n) is 3.10. The largest absolute Gasteiger partial charge is 0.478 e. The first-order valence-corrected chi connectivity index (χ1v) is 8.41. The van der Waals surface area contributed by atoms with Gasteiger partial charge in [-0.25, -0.2) is 9.59 Å². The molecule has 25 heavy (non-hydrogen) atoms. The predicted molar refractivity (Wildman–Crippen MR) is 93.5 cm³/mol. The highest BCUT2D eigenvalue weighted by molar-refractivity contribution is 5.89. The van der Waals surface area contributed by atoms with Crippen molar-refractivity contribution in [1.82, 2.24) is 15.2 Å². The number of aromatic carboxylic acids is 1. The lowest BCUT2D eigenvalue weighted by Crippen LogP contribution is -2.43.